The Kier molecular flexibility index (Phi) is 4.69. The summed E-state index contributed by atoms with van der Waals surface area (Å²) >= 11 is 0. The van der Waals surface area contributed by atoms with Crippen LogP contribution >= 0.6 is 0 Å². The Hall–Kier alpha value is -2.96. The van der Waals surface area contributed by atoms with Crippen LogP contribution in [-0.4, -0.2) is 26.1 Å². The Balaban J connectivity index is 1.68. The number of rotatable bonds is 6. The minimum Gasteiger partial charge on any atom is -0.359 e. The maximum atomic E-state index is 12.3. The van der Waals surface area contributed by atoms with Crippen LogP contribution in [0.15, 0.2) is 40.9 Å². The number of carbonyl (C=O) groups excluding carboxylic acids is 1. The van der Waals surface area contributed by atoms with E-state index in [1.165, 1.54) is 0 Å². The van der Waals surface area contributed by atoms with E-state index < -0.39 is 0 Å². The molecule has 24 heavy (non-hydrogen) atoms. The van der Waals surface area contributed by atoms with E-state index in [1.54, 1.807) is 4.68 Å². The molecule has 0 saturated heterocycles. The third kappa shape index (κ3) is 3.34. The van der Waals surface area contributed by atoms with Crippen LogP contribution in [0.4, 0.5) is 0 Å². The Bertz CT molecular complexity index is 823. The number of hydrogen-bond acceptors (Lipinski definition) is 5. The second-order valence-electron chi connectivity index (χ2n) is 5.49. The van der Waals surface area contributed by atoms with Gasteiger partial charge in [0.05, 0.1) is 23.6 Å². The molecule has 0 aliphatic carbocycles. The molecule has 0 radical (unpaired) electrons. The predicted molar refractivity (Wildman–Crippen MR) is 87.8 cm³/mol. The van der Waals surface area contributed by atoms with Gasteiger partial charge in [0, 0.05) is 6.07 Å². The van der Waals surface area contributed by atoms with E-state index in [0.29, 0.717) is 17.1 Å². The van der Waals surface area contributed by atoms with Gasteiger partial charge in [0.15, 0.2) is 11.5 Å². The molecule has 1 N–H and O–H groups in total. The number of aryl methyl sites for hydroxylation is 1. The minimum atomic E-state index is -0.289. The average molecular weight is 325 g/mol. The highest BCUT2D eigenvalue weighted by Crippen LogP contribution is 2.12. The molecule has 0 spiro atoms. The maximum absolute atomic E-state index is 12.3. The molecule has 7 nitrogen and oxygen atoms in total. The van der Waals surface area contributed by atoms with Crippen LogP contribution in [0.3, 0.4) is 0 Å². The molecule has 124 valence electrons. The molecule has 7 heteroatoms. The van der Waals surface area contributed by atoms with Crippen LogP contribution in [0, 0.1) is 6.92 Å². The minimum absolute atomic E-state index is 0.271. The second-order valence-corrected chi connectivity index (χ2v) is 5.49. The van der Waals surface area contributed by atoms with E-state index in [1.807, 2.05) is 43.3 Å². The molecule has 2 heterocycles. The molecule has 0 aliphatic heterocycles. The van der Waals surface area contributed by atoms with Gasteiger partial charge < -0.3 is 9.84 Å². The summed E-state index contributed by atoms with van der Waals surface area (Å²) in [5, 5.41) is 14.8. The van der Waals surface area contributed by atoms with Gasteiger partial charge in [-0.3, -0.25) is 4.79 Å². The molecule has 0 bridgehead atoms. The molecule has 1 amide bonds. The van der Waals surface area contributed by atoms with Gasteiger partial charge in [0.25, 0.3) is 5.91 Å². The average Bonchev–Trinajstić information content (AvgIpc) is 3.20. The summed E-state index contributed by atoms with van der Waals surface area (Å²) in [7, 11) is 0. The Morgan fingerprint density at radius 2 is 2.08 bits per heavy atom. The third-order valence-electron chi connectivity index (χ3n) is 3.65. The first-order chi connectivity index (χ1) is 11.7. The van der Waals surface area contributed by atoms with Crippen LogP contribution in [0.1, 0.15) is 41.0 Å². The van der Waals surface area contributed by atoms with Crippen molar-refractivity contribution in [3.8, 4) is 5.69 Å². The number of carbonyl (C=O) groups is 1. The van der Waals surface area contributed by atoms with Gasteiger partial charge in [-0.2, -0.15) is 0 Å². The van der Waals surface area contributed by atoms with Crippen molar-refractivity contribution in [1.29, 1.82) is 0 Å². The van der Waals surface area contributed by atoms with E-state index in [9.17, 15) is 4.79 Å². The van der Waals surface area contributed by atoms with Gasteiger partial charge in [0.2, 0.25) is 0 Å². The number of hydrogen-bond donors (Lipinski definition) is 1. The van der Waals surface area contributed by atoms with E-state index in [0.717, 1.165) is 24.2 Å². The van der Waals surface area contributed by atoms with Crippen LogP contribution in [-0.2, 0) is 13.0 Å². The van der Waals surface area contributed by atoms with E-state index in [-0.39, 0.29) is 12.5 Å². The van der Waals surface area contributed by atoms with Crippen molar-refractivity contribution >= 4 is 5.91 Å². The van der Waals surface area contributed by atoms with E-state index >= 15 is 0 Å². The van der Waals surface area contributed by atoms with Crippen molar-refractivity contribution in [2.75, 3.05) is 0 Å². The lowest BCUT2D eigenvalue weighted by Crippen LogP contribution is -2.23. The van der Waals surface area contributed by atoms with Crippen molar-refractivity contribution in [3.05, 3.63) is 59.2 Å². The van der Waals surface area contributed by atoms with Gasteiger partial charge in [-0.15, -0.1) is 5.10 Å². The lowest BCUT2D eigenvalue weighted by molar-refractivity contribution is 0.0941. The summed E-state index contributed by atoms with van der Waals surface area (Å²) in [6.07, 6.45) is 1.86. The number of aromatic nitrogens is 4. The molecule has 1 aromatic carbocycles. The lowest BCUT2D eigenvalue weighted by Gasteiger charge is -2.03. The summed E-state index contributed by atoms with van der Waals surface area (Å²) in [6.45, 7) is 4.16. The zero-order chi connectivity index (χ0) is 16.9. The topological polar surface area (TPSA) is 85.8 Å². The smallest absolute Gasteiger partial charge is 0.274 e. The van der Waals surface area contributed by atoms with Crippen LogP contribution in [0.5, 0.6) is 0 Å². The van der Waals surface area contributed by atoms with Gasteiger partial charge in [-0.05, 0) is 25.5 Å². The van der Waals surface area contributed by atoms with Crippen LogP contribution in [0.2, 0.25) is 0 Å². The lowest BCUT2D eigenvalue weighted by atomic mass is 10.2. The van der Waals surface area contributed by atoms with Crippen molar-refractivity contribution in [1.82, 2.24) is 25.5 Å². The van der Waals surface area contributed by atoms with Crippen molar-refractivity contribution in [2.45, 2.75) is 33.2 Å². The molecule has 0 unspecified atom stereocenters. The Morgan fingerprint density at radius 3 is 2.83 bits per heavy atom. The predicted octanol–water partition coefficient (Wildman–Crippen LogP) is 2.45. The summed E-state index contributed by atoms with van der Waals surface area (Å²) in [5.41, 5.74) is 2.74. The van der Waals surface area contributed by atoms with Gasteiger partial charge >= 0.3 is 0 Å². The Morgan fingerprint density at radius 1 is 1.29 bits per heavy atom. The highest BCUT2D eigenvalue weighted by molar-refractivity contribution is 5.93. The SMILES string of the molecule is CCCc1cc(CNC(=O)c2nnn(-c3ccccc3)c2C)on1. The first kappa shape index (κ1) is 15.9. The first-order valence-electron chi connectivity index (χ1n) is 7.89. The summed E-state index contributed by atoms with van der Waals surface area (Å²) < 4.78 is 6.84. The number of nitrogens with one attached hydrogen (secondary N) is 1. The van der Waals surface area contributed by atoms with Crippen molar-refractivity contribution < 1.29 is 9.32 Å². The molecule has 0 atom stereocenters. The molecule has 3 aromatic rings. The normalized spacial score (nSPS) is 10.8. The molecule has 0 fully saturated rings. The quantitative estimate of drug-likeness (QED) is 0.752. The molecular formula is C17H19N5O2. The van der Waals surface area contributed by atoms with Gasteiger partial charge in [0.1, 0.15) is 0 Å². The molecular weight excluding hydrogens is 306 g/mol. The summed E-state index contributed by atoms with van der Waals surface area (Å²) in [4.78, 5) is 12.3. The van der Waals surface area contributed by atoms with Crippen LogP contribution < -0.4 is 5.32 Å². The highest BCUT2D eigenvalue weighted by Gasteiger charge is 2.17. The number of para-hydroxylation sites is 1. The molecule has 3 rings (SSSR count). The fourth-order valence-electron chi connectivity index (χ4n) is 2.42. The van der Waals surface area contributed by atoms with Crippen LogP contribution in [0.25, 0.3) is 5.69 Å². The number of amides is 1. The van der Waals surface area contributed by atoms with E-state index in [2.05, 4.69) is 27.7 Å². The Labute approximate surface area is 139 Å². The standard InChI is InChI=1S/C17H19N5O2/c1-3-7-13-10-15(24-20-13)11-18-17(23)16-12(2)22(21-19-16)14-8-5-4-6-9-14/h4-6,8-10H,3,7,11H2,1-2H3,(H,18,23). The van der Waals surface area contributed by atoms with Gasteiger partial charge in [-0.25, -0.2) is 4.68 Å². The summed E-state index contributed by atoms with van der Waals surface area (Å²) in [5.74, 6) is 0.336. The monoisotopic (exact) mass is 325 g/mol. The summed E-state index contributed by atoms with van der Waals surface area (Å²) in [6, 6.07) is 11.4. The fourth-order valence-corrected chi connectivity index (χ4v) is 2.42. The highest BCUT2D eigenvalue weighted by atomic mass is 16.5. The van der Waals surface area contributed by atoms with Crippen molar-refractivity contribution in [2.24, 2.45) is 0 Å². The zero-order valence-electron chi connectivity index (χ0n) is 13.7. The largest absolute Gasteiger partial charge is 0.359 e. The number of nitrogens with zero attached hydrogens (tertiary/aromatic N) is 4. The van der Waals surface area contributed by atoms with Crippen molar-refractivity contribution in [3.63, 3.8) is 0 Å². The second kappa shape index (κ2) is 7.08. The molecule has 0 aliphatic rings. The maximum Gasteiger partial charge on any atom is 0.274 e. The molecule has 2 aromatic heterocycles. The zero-order valence-corrected chi connectivity index (χ0v) is 13.7. The van der Waals surface area contributed by atoms with Gasteiger partial charge in [-0.1, -0.05) is 41.9 Å². The van der Waals surface area contributed by atoms with E-state index in [4.69, 9.17) is 4.52 Å². The first-order valence-corrected chi connectivity index (χ1v) is 7.89. The third-order valence-corrected chi connectivity index (χ3v) is 3.65. The molecule has 0 saturated carbocycles. The fraction of sp³-hybridized carbons (Fsp3) is 0.294. The number of benzene rings is 1.